The Morgan fingerprint density at radius 2 is 1.59 bits per heavy atom. The van der Waals surface area contributed by atoms with E-state index in [1.165, 1.54) is 0 Å². The molecule has 2 aromatic rings. The van der Waals surface area contributed by atoms with E-state index >= 15 is 0 Å². The zero-order valence-corrected chi connectivity index (χ0v) is 13.9. The van der Waals surface area contributed by atoms with Gasteiger partial charge in [-0.3, -0.25) is 0 Å². The molecule has 0 saturated heterocycles. The molecule has 0 amide bonds. The molecule has 0 bridgehead atoms. The Hall–Kier alpha value is -1.44. The maximum absolute atomic E-state index is 12.2. The van der Waals surface area contributed by atoms with Crippen molar-refractivity contribution in [3.8, 4) is 6.07 Å². The molecule has 0 heterocycles. The number of rotatable bonds is 3. The first kappa shape index (κ1) is 16.9. The summed E-state index contributed by atoms with van der Waals surface area (Å²) < 4.78 is 5.15. The van der Waals surface area contributed by atoms with Crippen molar-refractivity contribution in [2.24, 2.45) is 0 Å². The summed E-state index contributed by atoms with van der Waals surface area (Å²) in [4.78, 5) is 12.2. The van der Waals surface area contributed by atoms with Crippen molar-refractivity contribution in [2.75, 3.05) is 0 Å². The monoisotopic (exact) mass is 373 g/mol. The van der Waals surface area contributed by atoms with E-state index in [4.69, 9.17) is 51.1 Å². The van der Waals surface area contributed by atoms with Gasteiger partial charge in [0.15, 0.2) is 0 Å². The molecule has 0 N–H and O–H groups in total. The fourth-order valence-electron chi connectivity index (χ4n) is 1.72. The molecule has 112 valence electrons. The van der Waals surface area contributed by atoms with Gasteiger partial charge in [0.1, 0.15) is 12.7 Å². The van der Waals surface area contributed by atoms with Crippen LogP contribution < -0.4 is 0 Å². The number of ether oxygens (including phenoxy) is 1. The minimum atomic E-state index is -0.800. The molecule has 7 heteroatoms. The summed E-state index contributed by atoms with van der Waals surface area (Å²) in [6.45, 7) is 0.0265. The quantitative estimate of drug-likeness (QED) is 0.403. The number of hydrogen-bond donors (Lipinski definition) is 0. The number of carbonyl (C=O) groups is 1. The molecule has 0 fully saturated rings. The smallest absolute Gasteiger partial charge is 0.341 e. The lowest BCUT2D eigenvalue weighted by Gasteiger charge is -2.12. The Morgan fingerprint density at radius 3 is 2.18 bits per heavy atom. The molecule has 0 radical (unpaired) electrons. The van der Waals surface area contributed by atoms with E-state index < -0.39 is 5.97 Å². The predicted molar refractivity (Wildman–Crippen MR) is 86.8 cm³/mol. The zero-order valence-electron chi connectivity index (χ0n) is 10.9. The van der Waals surface area contributed by atoms with Crippen LogP contribution in [0, 0.1) is 11.3 Å². The first-order valence-electron chi connectivity index (χ1n) is 5.94. The van der Waals surface area contributed by atoms with Gasteiger partial charge in [0.05, 0.1) is 31.2 Å². The average molecular weight is 375 g/mol. The standard InChI is InChI=1S/C15H7Cl4NO2/c16-11-9(6-20)10(12(17)14(19)13(11)18)15(21)22-7-8-4-2-1-3-5-8/h1-5H,7H2. The average Bonchev–Trinajstić information content (AvgIpc) is 2.54. The van der Waals surface area contributed by atoms with E-state index in [1.807, 2.05) is 18.2 Å². The van der Waals surface area contributed by atoms with Crippen LogP contribution in [0.15, 0.2) is 30.3 Å². The molecule has 0 atom stereocenters. The molecule has 3 nitrogen and oxygen atoms in total. The summed E-state index contributed by atoms with van der Waals surface area (Å²) in [5.74, 6) is -0.800. The van der Waals surface area contributed by atoms with Crippen molar-refractivity contribution >= 4 is 52.4 Å². The van der Waals surface area contributed by atoms with Gasteiger partial charge in [-0.1, -0.05) is 76.7 Å². The van der Waals surface area contributed by atoms with Crippen molar-refractivity contribution in [1.82, 2.24) is 0 Å². The number of nitriles is 1. The van der Waals surface area contributed by atoms with E-state index in [9.17, 15) is 10.1 Å². The normalized spacial score (nSPS) is 10.1. The molecular weight excluding hydrogens is 368 g/mol. The van der Waals surface area contributed by atoms with E-state index in [0.717, 1.165) is 5.56 Å². The number of halogens is 4. The summed E-state index contributed by atoms with van der Waals surface area (Å²) in [7, 11) is 0. The fourth-order valence-corrected chi connectivity index (χ4v) is 2.70. The van der Waals surface area contributed by atoms with Crippen molar-refractivity contribution in [1.29, 1.82) is 5.26 Å². The largest absolute Gasteiger partial charge is 0.457 e. The Balaban J connectivity index is 2.36. The van der Waals surface area contributed by atoms with Crippen LogP contribution in [0.5, 0.6) is 0 Å². The highest BCUT2D eigenvalue weighted by atomic mass is 35.5. The van der Waals surface area contributed by atoms with Gasteiger partial charge in [-0.25, -0.2) is 4.79 Å². The molecule has 0 saturated carbocycles. The Bertz CT molecular complexity index is 770. The van der Waals surface area contributed by atoms with Gasteiger partial charge in [-0.2, -0.15) is 5.26 Å². The maximum atomic E-state index is 12.2. The maximum Gasteiger partial charge on any atom is 0.341 e. The lowest BCUT2D eigenvalue weighted by atomic mass is 10.1. The Morgan fingerprint density at radius 1 is 1.00 bits per heavy atom. The summed E-state index contributed by atoms with van der Waals surface area (Å²) in [5, 5.41) is 8.70. The van der Waals surface area contributed by atoms with Crippen LogP contribution >= 0.6 is 46.4 Å². The molecule has 2 rings (SSSR count). The van der Waals surface area contributed by atoms with Crippen molar-refractivity contribution in [3.05, 3.63) is 67.1 Å². The second kappa shape index (κ2) is 7.21. The third-order valence-corrected chi connectivity index (χ3v) is 4.60. The fraction of sp³-hybridized carbons (Fsp3) is 0.0667. The third-order valence-electron chi connectivity index (χ3n) is 2.80. The molecular formula is C15H7Cl4NO2. The molecule has 0 aliphatic rings. The highest BCUT2D eigenvalue weighted by Gasteiger charge is 2.26. The van der Waals surface area contributed by atoms with Crippen molar-refractivity contribution in [3.63, 3.8) is 0 Å². The first-order valence-corrected chi connectivity index (χ1v) is 7.45. The Kier molecular flexibility index (Phi) is 5.55. The van der Waals surface area contributed by atoms with Crippen LogP contribution in [0.1, 0.15) is 21.5 Å². The van der Waals surface area contributed by atoms with E-state index in [2.05, 4.69) is 0 Å². The predicted octanol–water partition coefficient (Wildman–Crippen LogP) is 5.53. The van der Waals surface area contributed by atoms with Gasteiger partial charge in [0.2, 0.25) is 0 Å². The second-order valence-corrected chi connectivity index (χ2v) is 5.69. The minimum Gasteiger partial charge on any atom is -0.457 e. The molecule has 2 aromatic carbocycles. The number of nitrogens with zero attached hydrogens (tertiary/aromatic N) is 1. The Labute approximate surface area is 146 Å². The van der Waals surface area contributed by atoms with Gasteiger partial charge >= 0.3 is 5.97 Å². The van der Waals surface area contributed by atoms with Crippen molar-refractivity contribution in [2.45, 2.75) is 6.61 Å². The van der Waals surface area contributed by atoms with Gasteiger partial charge in [0, 0.05) is 0 Å². The lowest BCUT2D eigenvalue weighted by Crippen LogP contribution is -2.09. The highest BCUT2D eigenvalue weighted by Crippen LogP contribution is 2.41. The molecule has 22 heavy (non-hydrogen) atoms. The molecule has 0 unspecified atom stereocenters. The van der Waals surface area contributed by atoms with Crippen LogP contribution in [0.25, 0.3) is 0 Å². The van der Waals surface area contributed by atoms with Crippen LogP contribution in [-0.4, -0.2) is 5.97 Å². The number of benzene rings is 2. The summed E-state index contributed by atoms with van der Waals surface area (Å²) in [6.07, 6.45) is 0. The lowest BCUT2D eigenvalue weighted by molar-refractivity contribution is 0.0472. The van der Waals surface area contributed by atoms with Crippen LogP contribution in [0.3, 0.4) is 0 Å². The van der Waals surface area contributed by atoms with E-state index in [-0.39, 0.29) is 37.8 Å². The van der Waals surface area contributed by atoms with Gasteiger partial charge in [-0.15, -0.1) is 0 Å². The van der Waals surface area contributed by atoms with E-state index in [0.29, 0.717) is 0 Å². The summed E-state index contributed by atoms with van der Waals surface area (Å²) in [5.41, 5.74) is 0.426. The third kappa shape index (κ3) is 3.31. The van der Waals surface area contributed by atoms with Gasteiger partial charge < -0.3 is 4.74 Å². The van der Waals surface area contributed by atoms with E-state index in [1.54, 1.807) is 18.2 Å². The molecule has 0 aliphatic heterocycles. The zero-order chi connectivity index (χ0) is 16.3. The van der Waals surface area contributed by atoms with Gasteiger partial charge in [-0.05, 0) is 5.56 Å². The summed E-state index contributed by atoms with van der Waals surface area (Å²) >= 11 is 23.7. The molecule has 0 aromatic heterocycles. The molecule has 0 aliphatic carbocycles. The number of hydrogen-bond acceptors (Lipinski definition) is 3. The van der Waals surface area contributed by atoms with Crippen LogP contribution in [0.4, 0.5) is 0 Å². The summed E-state index contributed by atoms with van der Waals surface area (Å²) in [6, 6.07) is 10.8. The van der Waals surface area contributed by atoms with Gasteiger partial charge in [0.25, 0.3) is 0 Å². The molecule has 0 spiro atoms. The first-order chi connectivity index (χ1) is 10.5. The SMILES string of the molecule is N#Cc1c(Cl)c(Cl)c(Cl)c(Cl)c1C(=O)OCc1ccccc1. The second-order valence-electron chi connectivity index (χ2n) is 4.18. The topological polar surface area (TPSA) is 50.1 Å². The number of esters is 1. The number of carbonyl (C=O) groups excluding carboxylic acids is 1. The minimum absolute atomic E-state index is 0.0265. The van der Waals surface area contributed by atoms with Crippen molar-refractivity contribution < 1.29 is 9.53 Å². The highest BCUT2D eigenvalue weighted by molar-refractivity contribution is 6.53. The van der Waals surface area contributed by atoms with Crippen LogP contribution in [-0.2, 0) is 11.3 Å². The van der Waals surface area contributed by atoms with Crippen LogP contribution in [0.2, 0.25) is 20.1 Å².